The quantitative estimate of drug-likeness (QED) is 0.443. The molecule has 0 heterocycles. The van der Waals surface area contributed by atoms with Gasteiger partial charge >= 0.3 is 0 Å². The zero-order valence-corrected chi connectivity index (χ0v) is 15.5. The molecule has 20 heavy (non-hydrogen) atoms. The molecule has 0 atom stereocenters. The molecule has 6 heteroatoms. The first-order valence-corrected chi connectivity index (χ1v) is 6.83. The Hall–Kier alpha value is -0.690. The van der Waals surface area contributed by atoms with Crippen molar-refractivity contribution in [2.75, 3.05) is 13.7 Å². The molecule has 4 nitrogen and oxygen atoms in total. The van der Waals surface area contributed by atoms with Crippen LogP contribution in [0.15, 0.2) is 23.2 Å². The van der Waals surface area contributed by atoms with Crippen LogP contribution in [0.4, 0.5) is 0 Å². The summed E-state index contributed by atoms with van der Waals surface area (Å²) in [7, 11) is 1.75. The summed E-state index contributed by atoms with van der Waals surface area (Å²) in [5.74, 6) is 1.58. The van der Waals surface area contributed by atoms with Crippen molar-refractivity contribution < 1.29 is 4.74 Å². The Kier molecular flexibility index (Phi) is 9.75. The third kappa shape index (κ3) is 6.65. The molecule has 1 aromatic carbocycles. The first-order valence-electron chi connectivity index (χ1n) is 6.45. The van der Waals surface area contributed by atoms with Crippen LogP contribution in [-0.4, -0.2) is 25.7 Å². The fraction of sp³-hybridized carbons (Fsp3) is 0.500. The van der Waals surface area contributed by atoms with Gasteiger partial charge < -0.3 is 15.4 Å². The Morgan fingerprint density at radius 3 is 2.65 bits per heavy atom. The Bertz CT molecular complexity index is 438. The summed E-state index contributed by atoms with van der Waals surface area (Å²) >= 11 is 5.97. The van der Waals surface area contributed by atoms with Gasteiger partial charge in [0.05, 0.1) is 6.61 Å². The summed E-state index contributed by atoms with van der Waals surface area (Å²) in [6.45, 7) is 7.35. The minimum atomic E-state index is 0. The molecule has 0 saturated carbocycles. The first kappa shape index (κ1) is 19.3. The highest BCUT2D eigenvalue weighted by atomic mass is 127. The predicted molar refractivity (Wildman–Crippen MR) is 96.5 cm³/mol. The molecule has 1 aromatic rings. The minimum Gasteiger partial charge on any atom is -0.493 e. The number of nitrogens with one attached hydrogen (secondary N) is 2. The molecule has 0 aromatic heterocycles. The molecule has 114 valence electrons. The van der Waals surface area contributed by atoms with Crippen LogP contribution < -0.4 is 15.4 Å². The molecule has 0 unspecified atom stereocenters. The van der Waals surface area contributed by atoms with Gasteiger partial charge in [0.1, 0.15) is 5.75 Å². The number of hydrogen-bond donors (Lipinski definition) is 2. The summed E-state index contributed by atoms with van der Waals surface area (Å²) in [4.78, 5) is 4.16. The lowest BCUT2D eigenvalue weighted by Crippen LogP contribution is -2.40. The molecule has 0 saturated heterocycles. The summed E-state index contributed by atoms with van der Waals surface area (Å²) in [6, 6.07) is 5.99. The summed E-state index contributed by atoms with van der Waals surface area (Å²) in [5, 5.41) is 7.16. The second-order valence-corrected chi connectivity index (χ2v) is 4.85. The lowest BCUT2D eigenvalue weighted by atomic mass is 10.2. The van der Waals surface area contributed by atoms with E-state index in [9.17, 15) is 0 Å². The van der Waals surface area contributed by atoms with E-state index in [1.807, 2.05) is 25.1 Å². The van der Waals surface area contributed by atoms with Crippen LogP contribution in [0.5, 0.6) is 5.75 Å². The van der Waals surface area contributed by atoms with Gasteiger partial charge in [-0.3, -0.25) is 4.99 Å². The molecule has 0 aliphatic heterocycles. The second-order valence-electron chi connectivity index (χ2n) is 4.41. The molecule has 0 amide bonds. The zero-order valence-electron chi connectivity index (χ0n) is 12.4. The molecule has 1 rings (SSSR count). The van der Waals surface area contributed by atoms with Crippen molar-refractivity contribution in [3.63, 3.8) is 0 Å². The van der Waals surface area contributed by atoms with Crippen molar-refractivity contribution in [3.05, 3.63) is 28.8 Å². The Labute approximate surface area is 143 Å². The fourth-order valence-corrected chi connectivity index (χ4v) is 1.77. The molecular weight excluding hydrogens is 389 g/mol. The van der Waals surface area contributed by atoms with Gasteiger partial charge in [-0.2, -0.15) is 0 Å². The van der Waals surface area contributed by atoms with Crippen LogP contribution in [0.25, 0.3) is 0 Å². The highest BCUT2D eigenvalue weighted by Crippen LogP contribution is 2.23. The molecule has 0 bridgehead atoms. The zero-order chi connectivity index (χ0) is 14.3. The van der Waals surface area contributed by atoms with Gasteiger partial charge in [0, 0.05) is 30.2 Å². The van der Waals surface area contributed by atoms with Crippen LogP contribution in [-0.2, 0) is 6.54 Å². The third-order valence-corrected chi connectivity index (χ3v) is 2.66. The van der Waals surface area contributed by atoms with Gasteiger partial charge in [-0.25, -0.2) is 0 Å². The highest BCUT2D eigenvalue weighted by molar-refractivity contribution is 14.0. The van der Waals surface area contributed by atoms with E-state index >= 15 is 0 Å². The molecular formula is C14H23ClIN3O. The molecule has 2 N–H and O–H groups in total. The van der Waals surface area contributed by atoms with E-state index in [2.05, 4.69) is 29.5 Å². The number of nitrogens with zero attached hydrogens (tertiary/aromatic N) is 1. The molecule has 0 aliphatic rings. The number of guanidine groups is 1. The standard InChI is InChI=1S/C14H22ClN3O.HI/c1-5-19-13-8-12(15)7-6-11(13)9-17-14(16-4)18-10(2)3;/h6-8,10H,5,9H2,1-4H3,(H2,16,17,18);1H. The average Bonchev–Trinajstić information content (AvgIpc) is 2.36. The van der Waals surface area contributed by atoms with Gasteiger partial charge in [0.25, 0.3) is 0 Å². The highest BCUT2D eigenvalue weighted by Gasteiger charge is 2.06. The van der Waals surface area contributed by atoms with Crippen molar-refractivity contribution in [3.8, 4) is 5.75 Å². The van der Waals surface area contributed by atoms with Crippen LogP contribution in [0.1, 0.15) is 26.3 Å². The normalized spacial score (nSPS) is 11.0. The number of benzene rings is 1. The molecule has 0 radical (unpaired) electrons. The largest absolute Gasteiger partial charge is 0.493 e. The van der Waals surface area contributed by atoms with Crippen LogP contribution >= 0.6 is 35.6 Å². The number of rotatable bonds is 5. The van der Waals surface area contributed by atoms with Crippen molar-refractivity contribution in [2.45, 2.75) is 33.4 Å². The van der Waals surface area contributed by atoms with Crippen LogP contribution in [0.3, 0.4) is 0 Å². The Balaban J connectivity index is 0.00000361. The summed E-state index contributed by atoms with van der Waals surface area (Å²) < 4.78 is 5.58. The van der Waals surface area contributed by atoms with Gasteiger partial charge in [-0.15, -0.1) is 24.0 Å². The Morgan fingerprint density at radius 2 is 2.10 bits per heavy atom. The number of aliphatic imine (C=N–C) groups is 1. The second kappa shape index (κ2) is 10.1. The lowest BCUT2D eigenvalue weighted by molar-refractivity contribution is 0.336. The van der Waals surface area contributed by atoms with Crippen molar-refractivity contribution in [2.24, 2.45) is 4.99 Å². The molecule has 0 aliphatic carbocycles. The van der Waals surface area contributed by atoms with Gasteiger partial charge in [-0.05, 0) is 32.9 Å². The van der Waals surface area contributed by atoms with Crippen molar-refractivity contribution >= 4 is 41.5 Å². The third-order valence-electron chi connectivity index (χ3n) is 2.42. The van der Waals surface area contributed by atoms with E-state index < -0.39 is 0 Å². The maximum absolute atomic E-state index is 5.97. The monoisotopic (exact) mass is 411 g/mol. The number of ether oxygens (including phenoxy) is 1. The lowest BCUT2D eigenvalue weighted by Gasteiger charge is -2.16. The number of hydrogen-bond acceptors (Lipinski definition) is 2. The Morgan fingerprint density at radius 1 is 1.40 bits per heavy atom. The van der Waals surface area contributed by atoms with E-state index in [0.29, 0.717) is 24.2 Å². The van der Waals surface area contributed by atoms with Crippen molar-refractivity contribution in [1.82, 2.24) is 10.6 Å². The minimum absolute atomic E-state index is 0. The van der Waals surface area contributed by atoms with Gasteiger partial charge in [-0.1, -0.05) is 17.7 Å². The van der Waals surface area contributed by atoms with Crippen molar-refractivity contribution in [1.29, 1.82) is 0 Å². The summed E-state index contributed by atoms with van der Waals surface area (Å²) in [5.41, 5.74) is 1.05. The number of halogens is 2. The van der Waals surface area contributed by atoms with E-state index in [0.717, 1.165) is 17.3 Å². The van der Waals surface area contributed by atoms with Gasteiger partial charge in [0.15, 0.2) is 5.96 Å². The smallest absolute Gasteiger partial charge is 0.191 e. The first-order chi connectivity index (χ1) is 9.06. The van der Waals surface area contributed by atoms with Crippen LogP contribution in [0.2, 0.25) is 5.02 Å². The summed E-state index contributed by atoms with van der Waals surface area (Å²) in [6.07, 6.45) is 0. The van der Waals surface area contributed by atoms with E-state index in [1.54, 1.807) is 7.05 Å². The van der Waals surface area contributed by atoms with E-state index in [4.69, 9.17) is 16.3 Å². The molecule has 0 fully saturated rings. The maximum atomic E-state index is 5.97. The average molecular weight is 412 g/mol. The maximum Gasteiger partial charge on any atom is 0.191 e. The van der Waals surface area contributed by atoms with E-state index in [1.165, 1.54) is 0 Å². The fourth-order valence-electron chi connectivity index (χ4n) is 1.61. The SMILES string of the molecule is CCOc1cc(Cl)ccc1CNC(=NC)NC(C)C.I. The van der Waals surface area contributed by atoms with Crippen LogP contribution in [0, 0.1) is 0 Å². The predicted octanol–water partition coefficient (Wildman–Crippen LogP) is 3.43. The topological polar surface area (TPSA) is 45.6 Å². The molecule has 0 spiro atoms. The van der Waals surface area contributed by atoms with E-state index in [-0.39, 0.29) is 24.0 Å². The van der Waals surface area contributed by atoms with Gasteiger partial charge in [0.2, 0.25) is 0 Å².